The van der Waals surface area contributed by atoms with Crippen LogP contribution in [-0.4, -0.2) is 51.6 Å². The molecule has 204 valence electrons. The van der Waals surface area contributed by atoms with Gasteiger partial charge in [-0.2, -0.15) is 8.42 Å². The molecule has 0 aliphatic carbocycles. The third kappa shape index (κ3) is 6.15. The number of methoxy groups -OCH3 is 2. The minimum absolute atomic E-state index is 0.149. The summed E-state index contributed by atoms with van der Waals surface area (Å²) in [7, 11) is 0.249. The summed E-state index contributed by atoms with van der Waals surface area (Å²) in [5, 5.41) is 3.23. The number of rotatable bonds is 9. The van der Waals surface area contributed by atoms with E-state index in [-0.39, 0.29) is 6.42 Å². The van der Waals surface area contributed by atoms with E-state index < -0.39 is 28.2 Å². The fourth-order valence-corrected chi connectivity index (χ4v) is 5.54. The topological polar surface area (TPSA) is 119 Å². The minimum atomic E-state index is -4.36. The predicted molar refractivity (Wildman–Crippen MR) is 150 cm³/mol. The summed E-state index contributed by atoms with van der Waals surface area (Å²) in [6.07, 6.45) is 0.149. The van der Waals surface area contributed by atoms with Crippen LogP contribution in [0.25, 0.3) is 10.9 Å². The van der Waals surface area contributed by atoms with Crippen LogP contribution >= 0.6 is 0 Å². The Morgan fingerprint density at radius 1 is 0.923 bits per heavy atom. The van der Waals surface area contributed by atoms with E-state index in [1.807, 2.05) is 30.3 Å². The lowest BCUT2D eigenvalue weighted by molar-refractivity contribution is -0.120. The van der Waals surface area contributed by atoms with E-state index in [2.05, 4.69) is 10.0 Å². The van der Waals surface area contributed by atoms with Crippen molar-refractivity contribution in [3.8, 4) is 11.5 Å². The van der Waals surface area contributed by atoms with Crippen LogP contribution < -0.4 is 24.4 Å². The van der Waals surface area contributed by atoms with E-state index in [4.69, 9.17) is 9.47 Å². The number of amides is 3. The molecule has 3 aromatic carbocycles. The van der Waals surface area contributed by atoms with Crippen LogP contribution in [0.4, 0.5) is 10.5 Å². The number of anilines is 1. The first-order valence-electron chi connectivity index (χ1n) is 12.1. The summed E-state index contributed by atoms with van der Waals surface area (Å²) in [5.41, 5.74) is 2.12. The molecule has 0 saturated carbocycles. The number of likely N-dealkylation sites (N-methyl/N-ethyl adjacent to an activating group) is 1. The Morgan fingerprint density at radius 2 is 1.56 bits per heavy atom. The van der Waals surface area contributed by atoms with Crippen molar-refractivity contribution < 1.29 is 27.5 Å². The van der Waals surface area contributed by atoms with Crippen molar-refractivity contribution in [3.63, 3.8) is 0 Å². The summed E-state index contributed by atoms with van der Waals surface area (Å²) < 4.78 is 40.1. The third-order valence-electron chi connectivity index (χ3n) is 6.28. The monoisotopic (exact) mass is 550 g/mol. The second-order valence-corrected chi connectivity index (χ2v) is 10.4. The van der Waals surface area contributed by atoms with Crippen molar-refractivity contribution in [2.45, 2.75) is 19.4 Å². The highest BCUT2D eigenvalue weighted by molar-refractivity contribution is 7.88. The molecule has 1 atom stereocenters. The first kappa shape index (κ1) is 27.5. The normalized spacial score (nSPS) is 12.0. The molecular formula is C28H30N4O6S. The van der Waals surface area contributed by atoms with Gasteiger partial charge in [0.05, 0.1) is 19.7 Å². The molecule has 0 unspecified atom stereocenters. The van der Waals surface area contributed by atoms with Crippen LogP contribution in [0.15, 0.2) is 78.9 Å². The lowest BCUT2D eigenvalue weighted by Gasteiger charge is -2.25. The van der Waals surface area contributed by atoms with Gasteiger partial charge in [0.25, 0.3) is 0 Å². The van der Waals surface area contributed by atoms with Crippen molar-refractivity contribution in [3.05, 3.63) is 90.1 Å². The van der Waals surface area contributed by atoms with Crippen molar-refractivity contribution in [2.24, 2.45) is 0 Å². The van der Waals surface area contributed by atoms with Gasteiger partial charge < -0.3 is 19.7 Å². The van der Waals surface area contributed by atoms with Gasteiger partial charge >= 0.3 is 16.2 Å². The molecule has 0 saturated heterocycles. The SMILES string of the molecule is COc1ccc(N(C)C(=O)[C@H](Cc2ccccc2)NC(=O)NS(=O)(=O)n2c(C)cc3ccc(OC)cc32)cc1. The smallest absolute Gasteiger partial charge is 0.331 e. The Balaban J connectivity index is 1.59. The number of aromatic nitrogens is 1. The predicted octanol–water partition coefficient (Wildman–Crippen LogP) is 3.63. The van der Waals surface area contributed by atoms with Crippen LogP contribution in [0.2, 0.25) is 0 Å². The largest absolute Gasteiger partial charge is 0.497 e. The number of ether oxygens (including phenoxy) is 2. The number of benzene rings is 3. The van der Waals surface area contributed by atoms with E-state index in [0.717, 1.165) is 9.54 Å². The fraction of sp³-hybridized carbons (Fsp3) is 0.214. The zero-order valence-corrected chi connectivity index (χ0v) is 22.9. The first-order chi connectivity index (χ1) is 18.6. The highest BCUT2D eigenvalue weighted by Crippen LogP contribution is 2.25. The Labute approximate surface area is 227 Å². The summed E-state index contributed by atoms with van der Waals surface area (Å²) in [5.74, 6) is 0.675. The zero-order chi connectivity index (χ0) is 28.2. The van der Waals surface area contributed by atoms with Crippen molar-refractivity contribution >= 4 is 38.7 Å². The Morgan fingerprint density at radius 3 is 2.21 bits per heavy atom. The number of hydrogen-bond acceptors (Lipinski definition) is 6. The maximum Gasteiger partial charge on any atom is 0.331 e. The maximum absolute atomic E-state index is 13.5. The van der Waals surface area contributed by atoms with Gasteiger partial charge in [0, 0.05) is 36.3 Å². The number of nitrogens with one attached hydrogen (secondary N) is 2. The number of nitrogens with zero attached hydrogens (tertiary/aromatic N) is 2. The van der Waals surface area contributed by atoms with Crippen molar-refractivity contribution in [2.75, 3.05) is 26.2 Å². The molecule has 0 aliphatic rings. The minimum Gasteiger partial charge on any atom is -0.497 e. The molecule has 3 amide bonds. The van der Waals surface area contributed by atoms with E-state index >= 15 is 0 Å². The molecule has 0 radical (unpaired) electrons. The van der Waals surface area contributed by atoms with Crippen LogP contribution in [0.3, 0.4) is 0 Å². The van der Waals surface area contributed by atoms with Crippen LogP contribution in [-0.2, 0) is 21.4 Å². The molecule has 0 bridgehead atoms. The fourth-order valence-electron chi connectivity index (χ4n) is 4.31. The number of carbonyl (C=O) groups excluding carboxylic acids is 2. The van der Waals surface area contributed by atoms with Crippen LogP contribution in [0.1, 0.15) is 11.3 Å². The van der Waals surface area contributed by atoms with Gasteiger partial charge in [0.1, 0.15) is 17.5 Å². The number of aryl methyl sites for hydroxylation is 1. The van der Waals surface area contributed by atoms with Gasteiger partial charge in [-0.1, -0.05) is 30.3 Å². The molecule has 4 aromatic rings. The quantitative estimate of drug-likeness (QED) is 0.329. The molecule has 4 rings (SSSR count). The highest BCUT2D eigenvalue weighted by Gasteiger charge is 2.28. The number of hydrogen-bond donors (Lipinski definition) is 2. The van der Waals surface area contributed by atoms with Gasteiger partial charge in [-0.3, -0.25) is 4.79 Å². The van der Waals surface area contributed by atoms with Crippen molar-refractivity contribution in [1.29, 1.82) is 0 Å². The van der Waals surface area contributed by atoms with Gasteiger partial charge in [0.2, 0.25) is 5.91 Å². The summed E-state index contributed by atoms with van der Waals surface area (Å²) in [6.45, 7) is 1.62. The Bertz CT molecular complexity index is 1580. The van der Waals surface area contributed by atoms with Crippen LogP contribution in [0, 0.1) is 6.92 Å². The molecule has 11 heteroatoms. The number of carbonyl (C=O) groups is 2. The molecule has 0 fully saturated rings. The average Bonchev–Trinajstić information content (AvgIpc) is 3.27. The van der Waals surface area contributed by atoms with Gasteiger partial charge in [0.15, 0.2) is 0 Å². The molecule has 2 N–H and O–H groups in total. The average molecular weight is 551 g/mol. The van der Waals surface area contributed by atoms with Crippen LogP contribution in [0.5, 0.6) is 11.5 Å². The first-order valence-corrected chi connectivity index (χ1v) is 13.5. The lowest BCUT2D eigenvalue weighted by atomic mass is 10.0. The Kier molecular flexibility index (Phi) is 8.10. The summed E-state index contributed by atoms with van der Waals surface area (Å²) >= 11 is 0. The molecule has 0 spiro atoms. The summed E-state index contributed by atoms with van der Waals surface area (Å²) in [6, 6.07) is 20.6. The Hall–Kier alpha value is -4.51. The number of urea groups is 1. The lowest BCUT2D eigenvalue weighted by Crippen LogP contribution is -2.53. The molecule has 1 heterocycles. The van der Waals surface area contributed by atoms with Crippen molar-refractivity contribution in [1.82, 2.24) is 14.0 Å². The molecule has 10 nitrogen and oxygen atoms in total. The maximum atomic E-state index is 13.5. The molecule has 39 heavy (non-hydrogen) atoms. The number of fused-ring (bicyclic) bond motifs is 1. The summed E-state index contributed by atoms with van der Waals surface area (Å²) in [4.78, 5) is 28.0. The highest BCUT2D eigenvalue weighted by atomic mass is 32.2. The second-order valence-electron chi connectivity index (χ2n) is 8.89. The zero-order valence-electron chi connectivity index (χ0n) is 22.0. The molecule has 0 aliphatic heterocycles. The third-order valence-corrected chi connectivity index (χ3v) is 7.69. The molecule has 1 aromatic heterocycles. The standard InChI is InChI=1S/C28H30N4O6S/c1-19-16-21-10-13-24(38-4)18-26(21)32(19)39(35,36)30-28(34)29-25(17-20-8-6-5-7-9-20)27(33)31(2)22-11-14-23(37-3)15-12-22/h5-16,18,25H,17H2,1-4H3,(H2,29,30,34)/t25-/m0/s1. The van der Waals surface area contributed by atoms with Gasteiger partial charge in [-0.05, 0) is 55.0 Å². The van der Waals surface area contributed by atoms with E-state index in [1.54, 1.807) is 69.6 Å². The van der Waals surface area contributed by atoms with E-state index in [0.29, 0.717) is 33.8 Å². The molecular weight excluding hydrogens is 520 g/mol. The van der Waals surface area contributed by atoms with Gasteiger partial charge in [-0.15, -0.1) is 0 Å². The van der Waals surface area contributed by atoms with E-state index in [1.165, 1.54) is 12.0 Å². The van der Waals surface area contributed by atoms with E-state index in [9.17, 15) is 18.0 Å². The van der Waals surface area contributed by atoms with Gasteiger partial charge in [-0.25, -0.2) is 13.5 Å². The second kappa shape index (κ2) is 11.5.